The molecule has 1 rings (SSSR count). The van der Waals surface area contributed by atoms with Gasteiger partial charge in [-0.3, -0.25) is 4.79 Å². The summed E-state index contributed by atoms with van der Waals surface area (Å²) in [5, 5.41) is 9.20. The van der Waals surface area contributed by atoms with Crippen LogP contribution in [-0.4, -0.2) is 23.0 Å². The highest BCUT2D eigenvalue weighted by atomic mass is 16.5. The molecule has 1 aromatic heterocycles. The first-order chi connectivity index (χ1) is 5.65. The molecule has 0 radical (unpaired) electrons. The number of hydrogen-bond donors (Lipinski definition) is 1. The number of ether oxygens (including phenoxy) is 1. The largest absolute Gasteiger partial charge is 0.503 e. The van der Waals surface area contributed by atoms with Crippen LogP contribution in [0.2, 0.25) is 0 Å². The number of aromatic nitrogens is 1. The van der Waals surface area contributed by atoms with Gasteiger partial charge in [-0.2, -0.15) is 0 Å². The van der Waals surface area contributed by atoms with E-state index in [1.807, 2.05) is 0 Å². The quantitative estimate of drug-likeness (QED) is 0.667. The lowest BCUT2D eigenvalue weighted by Crippen LogP contribution is -1.95. The average molecular weight is 167 g/mol. The summed E-state index contributed by atoms with van der Waals surface area (Å²) < 4.78 is 4.71. The number of Topliss-reactive ketones (excluding diaryl/α,β-unsaturated/α-hetero) is 1. The molecule has 0 atom stereocenters. The second kappa shape index (κ2) is 3.21. The van der Waals surface area contributed by atoms with Crippen LogP contribution in [0.4, 0.5) is 0 Å². The number of pyridine rings is 1. The Kier molecular flexibility index (Phi) is 2.28. The van der Waals surface area contributed by atoms with Crippen molar-refractivity contribution >= 4 is 5.78 Å². The third-order valence-electron chi connectivity index (χ3n) is 1.43. The Morgan fingerprint density at radius 1 is 1.67 bits per heavy atom. The standard InChI is InChI=1S/C8H9NO3/c1-5(10)6-3-7(11)8(12-2)9-4-6/h3-4,11H,1-2H3. The van der Waals surface area contributed by atoms with Crippen LogP contribution in [-0.2, 0) is 0 Å². The SMILES string of the molecule is COc1ncc(C(C)=O)cc1O. The topological polar surface area (TPSA) is 59.4 Å². The minimum Gasteiger partial charge on any atom is -0.503 e. The number of aromatic hydroxyl groups is 1. The Bertz CT molecular complexity index is 309. The van der Waals surface area contributed by atoms with Crippen molar-refractivity contribution in [1.29, 1.82) is 0 Å². The molecule has 12 heavy (non-hydrogen) atoms. The zero-order valence-electron chi connectivity index (χ0n) is 6.87. The van der Waals surface area contributed by atoms with E-state index in [0.29, 0.717) is 5.56 Å². The van der Waals surface area contributed by atoms with Crippen LogP contribution in [0.15, 0.2) is 12.3 Å². The number of ketones is 1. The van der Waals surface area contributed by atoms with Crippen LogP contribution in [0.1, 0.15) is 17.3 Å². The number of methoxy groups -OCH3 is 1. The maximum atomic E-state index is 10.8. The summed E-state index contributed by atoms with van der Waals surface area (Å²) in [4.78, 5) is 14.5. The molecule has 0 aliphatic carbocycles. The molecule has 4 heteroatoms. The zero-order chi connectivity index (χ0) is 9.14. The van der Waals surface area contributed by atoms with Crippen molar-refractivity contribution in [1.82, 2.24) is 4.98 Å². The highest BCUT2D eigenvalue weighted by molar-refractivity contribution is 5.94. The van der Waals surface area contributed by atoms with Crippen molar-refractivity contribution in [2.24, 2.45) is 0 Å². The molecular weight excluding hydrogens is 158 g/mol. The van der Waals surface area contributed by atoms with Crippen LogP contribution in [0.25, 0.3) is 0 Å². The fourth-order valence-electron chi connectivity index (χ4n) is 0.790. The smallest absolute Gasteiger partial charge is 0.256 e. The van der Waals surface area contributed by atoms with Gasteiger partial charge in [0.2, 0.25) is 0 Å². The van der Waals surface area contributed by atoms with Crippen molar-refractivity contribution in [2.45, 2.75) is 6.92 Å². The summed E-state index contributed by atoms with van der Waals surface area (Å²) >= 11 is 0. The van der Waals surface area contributed by atoms with Crippen molar-refractivity contribution in [3.8, 4) is 11.6 Å². The maximum Gasteiger partial charge on any atom is 0.256 e. The van der Waals surface area contributed by atoms with E-state index >= 15 is 0 Å². The molecule has 0 aliphatic heterocycles. The van der Waals surface area contributed by atoms with Crippen LogP contribution >= 0.6 is 0 Å². The third-order valence-corrected chi connectivity index (χ3v) is 1.43. The lowest BCUT2D eigenvalue weighted by atomic mass is 10.2. The monoisotopic (exact) mass is 167 g/mol. The molecule has 0 saturated carbocycles. The van der Waals surface area contributed by atoms with Gasteiger partial charge in [-0.1, -0.05) is 0 Å². The Balaban J connectivity index is 3.10. The molecule has 0 aromatic carbocycles. The number of rotatable bonds is 2. The van der Waals surface area contributed by atoms with E-state index in [2.05, 4.69) is 4.98 Å². The van der Waals surface area contributed by atoms with E-state index < -0.39 is 0 Å². The van der Waals surface area contributed by atoms with Gasteiger partial charge in [-0.15, -0.1) is 0 Å². The lowest BCUT2D eigenvalue weighted by molar-refractivity contribution is 0.101. The number of nitrogens with zero attached hydrogens (tertiary/aromatic N) is 1. The number of hydrogen-bond acceptors (Lipinski definition) is 4. The zero-order valence-corrected chi connectivity index (χ0v) is 6.87. The molecular formula is C8H9NO3. The molecule has 0 aliphatic rings. The van der Waals surface area contributed by atoms with Gasteiger partial charge in [0.25, 0.3) is 5.88 Å². The van der Waals surface area contributed by atoms with Gasteiger partial charge in [0.1, 0.15) is 0 Å². The van der Waals surface area contributed by atoms with E-state index in [4.69, 9.17) is 4.74 Å². The Morgan fingerprint density at radius 2 is 2.33 bits per heavy atom. The second-order valence-electron chi connectivity index (χ2n) is 2.31. The first-order valence-electron chi connectivity index (χ1n) is 3.39. The molecule has 0 bridgehead atoms. The average Bonchev–Trinajstić information content (AvgIpc) is 2.04. The van der Waals surface area contributed by atoms with Crippen LogP contribution in [0, 0.1) is 0 Å². The molecule has 1 N–H and O–H groups in total. The predicted octanol–water partition coefficient (Wildman–Crippen LogP) is 0.998. The van der Waals surface area contributed by atoms with Gasteiger partial charge in [-0.05, 0) is 13.0 Å². The van der Waals surface area contributed by atoms with Crippen molar-refractivity contribution in [3.63, 3.8) is 0 Å². The summed E-state index contributed by atoms with van der Waals surface area (Å²) in [5.74, 6) is -0.134. The van der Waals surface area contributed by atoms with E-state index in [1.54, 1.807) is 0 Å². The highest BCUT2D eigenvalue weighted by Crippen LogP contribution is 2.22. The molecule has 64 valence electrons. The van der Waals surface area contributed by atoms with Crippen LogP contribution < -0.4 is 4.74 Å². The summed E-state index contributed by atoms with van der Waals surface area (Å²) in [5.41, 5.74) is 0.369. The molecule has 0 fully saturated rings. The molecule has 0 saturated heterocycles. The van der Waals surface area contributed by atoms with Gasteiger partial charge in [-0.25, -0.2) is 4.98 Å². The first kappa shape index (κ1) is 8.52. The molecule has 4 nitrogen and oxygen atoms in total. The summed E-state index contributed by atoms with van der Waals surface area (Å²) in [7, 11) is 1.40. The van der Waals surface area contributed by atoms with Gasteiger partial charge in [0.05, 0.1) is 7.11 Å². The fraction of sp³-hybridized carbons (Fsp3) is 0.250. The van der Waals surface area contributed by atoms with Gasteiger partial charge >= 0.3 is 0 Å². The van der Waals surface area contributed by atoms with Crippen LogP contribution in [0.3, 0.4) is 0 Å². The summed E-state index contributed by atoms with van der Waals surface area (Å²) in [6.07, 6.45) is 1.36. The molecule has 1 heterocycles. The van der Waals surface area contributed by atoms with Gasteiger partial charge < -0.3 is 9.84 Å². The minimum absolute atomic E-state index is 0.120. The second-order valence-corrected chi connectivity index (χ2v) is 2.31. The minimum atomic E-state index is -0.138. The lowest BCUT2D eigenvalue weighted by Gasteiger charge is -2.01. The Hall–Kier alpha value is -1.58. The molecule has 0 unspecified atom stereocenters. The summed E-state index contributed by atoms with van der Waals surface area (Å²) in [6.45, 7) is 1.41. The van der Waals surface area contributed by atoms with Gasteiger partial charge in [0, 0.05) is 11.8 Å². The molecule has 0 amide bonds. The predicted molar refractivity (Wildman–Crippen MR) is 42.5 cm³/mol. The highest BCUT2D eigenvalue weighted by Gasteiger charge is 2.06. The normalized spacial score (nSPS) is 9.50. The van der Waals surface area contributed by atoms with E-state index in [1.165, 1.54) is 26.3 Å². The Morgan fingerprint density at radius 3 is 2.75 bits per heavy atom. The third kappa shape index (κ3) is 1.53. The first-order valence-corrected chi connectivity index (χ1v) is 3.39. The number of carbonyl (C=O) groups excluding carboxylic acids is 1. The van der Waals surface area contributed by atoms with Gasteiger partial charge in [0.15, 0.2) is 11.5 Å². The summed E-state index contributed by atoms with van der Waals surface area (Å²) in [6, 6.07) is 1.33. The van der Waals surface area contributed by atoms with E-state index in [0.717, 1.165) is 0 Å². The van der Waals surface area contributed by atoms with E-state index in [9.17, 15) is 9.90 Å². The fourth-order valence-corrected chi connectivity index (χ4v) is 0.790. The van der Waals surface area contributed by atoms with Crippen molar-refractivity contribution in [3.05, 3.63) is 17.8 Å². The maximum absolute atomic E-state index is 10.8. The molecule has 1 aromatic rings. The Labute approximate surface area is 69.8 Å². The van der Waals surface area contributed by atoms with Crippen LogP contribution in [0.5, 0.6) is 11.6 Å². The molecule has 0 spiro atoms. The van der Waals surface area contributed by atoms with Crippen molar-refractivity contribution < 1.29 is 14.6 Å². The van der Waals surface area contributed by atoms with E-state index in [-0.39, 0.29) is 17.4 Å². The van der Waals surface area contributed by atoms with Crippen molar-refractivity contribution in [2.75, 3.05) is 7.11 Å². The number of carbonyl (C=O) groups is 1.